The lowest BCUT2D eigenvalue weighted by Crippen LogP contribution is -2.41. The van der Waals surface area contributed by atoms with Gasteiger partial charge < -0.3 is 15.0 Å². The van der Waals surface area contributed by atoms with Crippen molar-refractivity contribution in [1.82, 2.24) is 0 Å². The summed E-state index contributed by atoms with van der Waals surface area (Å²) in [6.45, 7) is 6.61. The molecule has 0 radical (unpaired) electrons. The number of amides is 2. The molecule has 0 aliphatic carbocycles. The molecule has 6 heteroatoms. The Morgan fingerprint density at radius 1 is 1.17 bits per heavy atom. The van der Waals surface area contributed by atoms with E-state index in [2.05, 4.69) is 12.2 Å². The van der Waals surface area contributed by atoms with E-state index in [1.54, 1.807) is 7.11 Å². The minimum Gasteiger partial charge on any atom is -0.495 e. The minimum absolute atomic E-state index is 0.0167. The van der Waals surface area contributed by atoms with E-state index in [4.69, 9.17) is 4.74 Å². The summed E-state index contributed by atoms with van der Waals surface area (Å²) in [4.78, 5) is 27.3. The van der Waals surface area contributed by atoms with E-state index in [-0.39, 0.29) is 22.8 Å². The number of hydrogen-bond acceptors (Lipinski definition) is 4. The third-order valence-electron chi connectivity index (χ3n) is 5.19. The number of carbonyl (C=O) groups is 2. The monoisotopic (exact) mass is 412 g/mol. The molecular formula is C23H28N2O3S. The highest BCUT2D eigenvalue weighted by atomic mass is 32.2. The van der Waals surface area contributed by atoms with Crippen LogP contribution in [0.4, 0.5) is 11.4 Å². The fraction of sp³-hybridized carbons (Fsp3) is 0.391. The normalized spacial score (nSPS) is 14.1. The molecule has 2 amide bonds. The SMILES string of the molecule is COc1ccc(C)c2c1N(C(=O)C(C)SCC(=O)Nc1ccc(C)cc1)CCC2. The molecule has 3 rings (SSSR count). The third kappa shape index (κ3) is 4.93. The third-order valence-corrected chi connectivity index (χ3v) is 6.32. The number of hydrogen-bond donors (Lipinski definition) is 1. The van der Waals surface area contributed by atoms with E-state index in [9.17, 15) is 9.59 Å². The van der Waals surface area contributed by atoms with Crippen LogP contribution >= 0.6 is 11.8 Å². The van der Waals surface area contributed by atoms with Gasteiger partial charge in [0.2, 0.25) is 11.8 Å². The maximum absolute atomic E-state index is 13.2. The predicted molar refractivity (Wildman–Crippen MR) is 120 cm³/mol. The Balaban J connectivity index is 1.65. The van der Waals surface area contributed by atoms with Crippen LogP contribution in [0.15, 0.2) is 36.4 Å². The number of aryl methyl sites for hydroxylation is 2. The Kier molecular flexibility index (Phi) is 6.85. The Morgan fingerprint density at radius 3 is 2.59 bits per heavy atom. The molecule has 2 aromatic carbocycles. The molecule has 1 aliphatic rings. The van der Waals surface area contributed by atoms with Crippen LogP contribution in [0.5, 0.6) is 5.75 Å². The largest absolute Gasteiger partial charge is 0.495 e. The van der Waals surface area contributed by atoms with Crippen molar-refractivity contribution in [3.63, 3.8) is 0 Å². The second-order valence-electron chi connectivity index (χ2n) is 7.37. The van der Waals surface area contributed by atoms with Gasteiger partial charge in [0.25, 0.3) is 0 Å². The van der Waals surface area contributed by atoms with E-state index < -0.39 is 0 Å². The highest BCUT2D eigenvalue weighted by Gasteiger charge is 2.30. The van der Waals surface area contributed by atoms with Crippen molar-refractivity contribution in [1.29, 1.82) is 0 Å². The summed E-state index contributed by atoms with van der Waals surface area (Å²) in [5, 5.41) is 2.56. The Bertz CT molecular complexity index is 896. The standard InChI is InChI=1S/C23H28N2O3S/c1-15-7-10-18(11-8-15)24-21(26)14-29-17(3)23(27)25-13-5-6-19-16(2)9-12-20(28-4)22(19)25/h7-12,17H,5-6,13-14H2,1-4H3,(H,24,26). The van der Waals surface area contributed by atoms with Crippen molar-refractivity contribution in [3.05, 3.63) is 53.1 Å². The first kappa shape index (κ1) is 21.2. The number of benzene rings is 2. The number of carbonyl (C=O) groups excluding carboxylic acids is 2. The molecule has 154 valence electrons. The van der Waals surface area contributed by atoms with E-state index in [0.717, 1.165) is 35.5 Å². The fourth-order valence-corrected chi connectivity index (χ4v) is 4.31. The van der Waals surface area contributed by atoms with E-state index >= 15 is 0 Å². The smallest absolute Gasteiger partial charge is 0.239 e. The molecule has 0 spiro atoms. The van der Waals surface area contributed by atoms with Crippen LogP contribution in [-0.2, 0) is 16.0 Å². The van der Waals surface area contributed by atoms with Gasteiger partial charge in [-0.05, 0) is 62.9 Å². The van der Waals surface area contributed by atoms with E-state index in [0.29, 0.717) is 6.54 Å². The van der Waals surface area contributed by atoms with Crippen LogP contribution in [-0.4, -0.2) is 36.5 Å². The molecular weight excluding hydrogens is 384 g/mol. The van der Waals surface area contributed by atoms with Gasteiger partial charge in [0, 0.05) is 12.2 Å². The van der Waals surface area contributed by atoms with Gasteiger partial charge in [-0.15, -0.1) is 11.8 Å². The maximum Gasteiger partial charge on any atom is 0.239 e. The molecule has 5 nitrogen and oxygen atoms in total. The van der Waals surface area contributed by atoms with Crippen LogP contribution in [0, 0.1) is 13.8 Å². The summed E-state index contributed by atoms with van der Waals surface area (Å²) in [5.41, 5.74) is 5.16. The topological polar surface area (TPSA) is 58.6 Å². The average molecular weight is 413 g/mol. The van der Waals surface area contributed by atoms with Crippen LogP contribution in [0.1, 0.15) is 30.0 Å². The quantitative estimate of drug-likeness (QED) is 0.766. The molecule has 1 N–H and O–H groups in total. The lowest BCUT2D eigenvalue weighted by molar-refractivity contribution is -0.118. The van der Waals surface area contributed by atoms with Crippen LogP contribution < -0.4 is 15.0 Å². The second-order valence-corrected chi connectivity index (χ2v) is 8.70. The van der Waals surface area contributed by atoms with Gasteiger partial charge in [0.15, 0.2) is 0 Å². The molecule has 1 aliphatic heterocycles. The maximum atomic E-state index is 13.2. The summed E-state index contributed by atoms with van der Waals surface area (Å²) >= 11 is 1.36. The first-order valence-corrected chi connectivity index (χ1v) is 10.9. The van der Waals surface area contributed by atoms with Crippen molar-refractivity contribution in [2.24, 2.45) is 0 Å². The zero-order valence-electron chi connectivity index (χ0n) is 17.5. The Hall–Kier alpha value is -2.47. The van der Waals surface area contributed by atoms with E-state index in [1.807, 2.05) is 55.1 Å². The number of ether oxygens (including phenoxy) is 1. The first-order chi connectivity index (χ1) is 13.9. The lowest BCUT2D eigenvalue weighted by Gasteiger charge is -2.33. The number of anilines is 2. The van der Waals surface area contributed by atoms with Crippen LogP contribution in [0.2, 0.25) is 0 Å². The van der Waals surface area contributed by atoms with Crippen molar-refractivity contribution >= 4 is 35.0 Å². The van der Waals surface area contributed by atoms with Gasteiger partial charge >= 0.3 is 0 Å². The highest BCUT2D eigenvalue weighted by molar-refractivity contribution is 8.01. The number of fused-ring (bicyclic) bond motifs is 1. The molecule has 0 saturated heterocycles. The Morgan fingerprint density at radius 2 is 1.90 bits per heavy atom. The number of nitrogens with zero attached hydrogens (tertiary/aromatic N) is 1. The van der Waals surface area contributed by atoms with Crippen molar-refractivity contribution in [3.8, 4) is 5.75 Å². The minimum atomic E-state index is -0.324. The van der Waals surface area contributed by atoms with E-state index in [1.165, 1.54) is 22.9 Å². The van der Waals surface area contributed by atoms with Gasteiger partial charge in [-0.25, -0.2) is 0 Å². The molecule has 1 unspecified atom stereocenters. The molecule has 0 aromatic heterocycles. The molecule has 2 aromatic rings. The van der Waals surface area contributed by atoms with Crippen molar-refractivity contribution < 1.29 is 14.3 Å². The second kappa shape index (κ2) is 9.35. The summed E-state index contributed by atoms with van der Waals surface area (Å²) in [7, 11) is 1.63. The summed E-state index contributed by atoms with van der Waals surface area (Å²) in [5.74, 6) is 0.869. The van der Waals surface area contributed by atoms with Crippen molar-refractivity contribution in [2.75, 3.05) is 29.6 Å². The zero-order valence-corrected chi connectivity index (χ0v) is 18.3. The van der Waals surface area contributed by atoms with Crippen molar-refractivity contribution in [2.45, 2.75) is 38.9 Å². The van der Waals surface area contributed by atoms with Gasteiger partial charge in [-0.3, -0.25) is 9.59 Å². The predicted octanol–water partition coefficient (Wildman–Crippen LogP) is 4.35. The average Bonchev–Trinajstić information content (AvgIpc) is 2.73. The van der Waals surface area contributed by atoms with Gasteiger partial charge in [-0.1, -0.05) is 23.8 Å². The molecule has 0 bridgehead atoms. The molecule has 29 heavy (non-hydrogen) atoms. The molecule has 0 saturated carbocycles. The number of nitrogens with one attached hydrogen (secondary N) is 1. The zero-order chi connectivity index (χ0) is 21.0. The molecule has 1 heterocycles. The first-order valence-electron chi connectivity index (χ1n) is 9.86. The number of methoxy groups -OCH3 is 1. The fourth-order valence-electron chi connectivity index (χ4n) is 3.56. The molecule has 1 atom stereocenters. The summed E-state index contributed by atoms with van der Waals surface area (Å²) < 4.78 is 5.54. The number of thioether (sulfide) groups is 1. The van der Waals surface area contributed by atoms with Crippen LogP contribution in [0.3, 0.4) is 0 Å². The van der Waals surface area contributed by atoms with Gasteiger partial charge in [-0.2, -0.15) is 0 Å². The summed E-state index contributed by atoms with van der Waals surface area (Å²) in [6, 6.07) is 11.6. The van der Waals surface area contributed by atoms with Gasteiger partial charge in [0.05, 0.1) is 23.8 Å². The van der Waals surface area contributed by atoms with Gasteiger partial charge in [0.1, 0.15) is 5.75 Å². The Labute approximate surface area is 176 Å². The van der Waals surface area contributed by atoms with Crippen LogP contribution in [0.25, 0.3) is 0 Å². The molecule has 0 fully saturated rings. The lowest BCUT2D eigenvalue weighted by atomic mass is 9.96. The highest BCUT2D eigenvalue weighted by Crippen LogP contribution is 2.39. The summed E-state index contributed by atoms with van der Waals surface area (Å²) in [6.07, 6.45) is 1.88. The number of rotatable bonds is 6.